The molecule has 1 atom stereocenters. The van der Waals surface area contributed by atoms with Crippen molar-refractivity contribution in [3.63, 3.8) is 0 Å². The summed E-state index contributed by atoms with van der Waals surface area (Å²) in [6.45, 7) is 0. The summed E-state index contributed by atoms with van der Waals surface area (Å²) in [6, 6.07) is 8.89. The number of benzene rings is 1. The molecule has 0 aromatic heterocycles. The molecule has 0 saturated heterocycles. The Kier molecular flexibility index (Phi) is 3.05. The molecule has 0 radical (unpaired) electrons. The third kappa shape index (κ3) is 2.02. The first kappa shape index (κ1) is 8.21. The van der Waals surface area contributed by atoms with Gasteiger partial charge in [0.1, 0.15) is 6.04 Å². The highest BCUT2D eigenvalue weighted by atomic mass is 35.5. The van der Waals surface area contributed by atoms with E-state index in [9.17, 15) is 4.91 Å². The SMILES string of the molecule is O=NC(CCl)c1ccccc1. The van der Waals surface area contributed by atoms with Crippen molar-refractivity contribution in [3.8, 4) is 0 Å². The maximum atomic E-state index is 10.2. The lowest BCUT2D eigenvalue weighted by molar-refractivity contribution is 0.820. The van der Waals surface area contributed by atoms with Crippen LogP contribution in [0.5, 0.6) is 0 Å². The van der Waals surface area contributed by atoms with Crippen LogP contribution in [-0.4, -0.2) is 5.88 Å². The minimum absolute atomic E-state index is 0.244. The molecule has 0 aliphatic heterocycles. The topological polar surface area (TPSA) is 29.4 Å². The number of hydrogen-bond acceptors (Lipinski definition) is 2. The minimum atomic E-state index is -0.405. The summed E-state index contributed by atoms with van der Waals surface area (Å²) < 4.78 is 0. The Morgan fingerprint density at radius 1 is 1.36 bits per heavy atom. The van der Waals surface area contributed by atoms with Crippen LogP contribution in [0.3, 0.4) is 0 Å². The summed E-state index contributed by atoms with van der Waals surface area (Å²) >= 11 is 5.51. The van der Waals surface area contributed by atoms with Crippen molar-refractivity contribution in [2.45, 2.75) is 6.04 Å². The highest BCUT2D eigenvalue weighted by Gasteiger charge is 2.07. The van der Waals surface area contributed by atoms with Crippen LogP contribution in [0, 0.1) is 4.91 Å². The maximum Gasteiger partial charge on any atom is 0.130 e. The molecular formula is C8H8ClNO. The zero-order valence-electron chi connectivity index (χ0n) is 5.90. The van der Waals surface area contributed by atoms with Crippen LogP contribution in [0.2, 0.25) is 0 Å². The number of halogens is 1. The van der Waals surface area contributed by atoms with Gasteiger partial charge in [-0.2, -0.15) is 4.91 Å². The molecule has 58 valence electrons. The van der Waals surface area contributed by atoms with E-state index in [4.69, 9.17) is 11.6 Å². The van der Waals surface area contributed by atoms with Crippen molar-refractivity contribution >= 4 is 11.6 Å². The van der Waals surface area contributed by atoms with E-state index in [1.807, 2.05) is 30.3 Å². The highest BCUT2D eigenvalue weighted by Crippen LogP contribution is 2.17. The second-order valence-corrected chi connectivity index (χ2v) is 2.49. The second kappa shape index (κ2) is 4.09. The summed E-state index contributed by atoms with van der Waals surface area (Å²) in [5.74, 6) is 0.244. The fraction of sp³-hybridized carbons (Fsp3) is 0.250. The molecule has 0 saturated carbocycles. The monoisotopic (exact) mass is 169 g/mol. The van der Waals surface area contributed by atoms with Crippen LogP contribution in [0.25, 0.3) is 0 Å². The number of nitrogens with zero attached hydrogens (tertiary/aromatic N) is 1. The molecule has 0 aliphatic carbocycles. The number of hydrogen-bond donors (Lipinski definition) is 0. The molecule has 0 aliphatic rings. The molecule has 2 nitrogen and oxygen atoms in total. The molecule has 0 spiro atoms. The number of nitroso groups, excluding NO2 is 1. The molecule has 0 heterocycles. The Hall–Kier alpha value is -0.890. The van der Waals surface area contributed by atoms with E-state index < -0.39 is 6.04 Å². The van der Waals surface area contributed by atoms with Crippen molar-refractivity contribution in [3.05, 3.63) is 40.8 Å². The lowest BCUT2D eigenvalue weighted by Crippen LogP contribution is -1.94. The zero-order valence-corrected chi connectivity index (χ0v) is 6.66. The third-order valence-electron chi connectivity index (χ3n) is 1.46. The lowest BCUT2D eigenvalue weighted by Gasteiger charge is -2.02. The molecule has 0 bridgehead atoms. The molecule has 11 heavy (non-hydrogen) atoms. The molecule has 1 rings (SSSR count). The fourth-order valence-electron chi connectivity index (χ4n) is 0.853. The third-order valence-corrected chi connectivity index (χ3v) is 1.75. The first-order valence-electron chi connectivity index (χ1n) is 3.32. The van der Waals surface area contributed by atoms with Gasteiger partial charge in [-0.1, -0.05) is 35.5 Å². The van der Waals surface area contributed by atoms with E-state index in [1.165, 1.54) is 0 Å². The molecule has 1 unspecified atom stereocenters. The van der Waals surface area contributed by atoms with Gasteiger partial charge in [-0.25, -0.2) is 0 Å². The number of rotatable bonds is 3. The summed E-state index contributed by atoms with van der Waals surface area (Å²) in [4.78, 5) is 10.2. The van der Waals surface area contributed by atoms with Gasteiger partial charge in [0, 0.05) is 0 Å². The average molecular weight is 170 g/mol. The Bertz CT molecular complexity index is 225. The zero-order chi connectivity index (χ0) is 8.10. The highest BCUT2D eigenvalue weighted by molar-refractivity contribution is 6.18. The van der Waals surface area contributed by atoms with Crippen LogP contribution < -0.4 is 0 Å². The Morgan fingerprint density at radius 2 is 2.00 bits per heavy atom. The van der Waals surface area contributed by atoms with Crippen molar-refractivity contribution in [1.82, 2.24) is 0 Å². The van der Waals surface area contributed by atoms with Crippen LogP contribution in [0.15, 0.2) is 35.5 Å². The van der Waals surface area contributed by atoms with E-state index in [0.717, 1.165) is 5.56 Å². The van der Waals surface area contributed by atoms with Gasteiger partial charge in [-0.3, -0.25) is 0 Å². The summed E-state index contributed by atoms with van der Waals surface area (Å²) in [5.41, 5.74) is 0.873. The molecular weight excluding hydrogens is 162 g/mol. The van der Waals surface area contributed by atoms with Crippen molar-refractivity contribution in [2.24, 2.45) is 5.18 Å². The standard InChI is InChI=1S/C8H8ClNO/c9-6-8(10-11)7-4-2-1-3-5-7/h1-5,8H,6H2. The van der Waals surface area contributed by atoms with Crippen molar-refractivity contribution < 1.29 is 0 Å². The average Bonchev–Trinajstić information content (AvgIpc) is 2.09. The van der Waals surface area contributed by atoms with Gasteiger partial charge in [0.15, 0.2) is 0 Å². The maximum absolute atomic E-state index is 10.2. The Morgan fingerprint density at radius 3 is 2.45 bits per heavy atom. The predicted molar refractivity (Wildman–Crippen MR) is 45.7 cm³/mol. The lowest BCUT2D eigenvalue weighted by atomic mass is 10.1. The minimum Gasteiger partial charge on any atom is -0.150 e. The quantitative estimate of drug-likeness (QED) is 0.505. The molecule has 0 N–H and O–H groups in total. The predicted octanol–water partition coefficient (Wildman–Crippen LogP) is 2.73. The Labute approximate surface area is 70.2 Å². The van der Waals surface area contributed by atoms with Gasteiger partial charge in [-0.05, 0) is 5.56 Å². The van der Waals surface area contributed by atoms with Gasteiger partial charge in [0.2, 0.25) is 0 Å². The van der Waals surface area contributed by atoms with Gasteiger partial charge in [0.25, 0.3) is 0 Å². The van der Waals surface area contributed by atoms with E-state index in [1.54, 1.807) is 0 Å². The van der Waals surface area contributed by atoms with Gasteiger partial charge in [-0.15, -0.1) is 11.6 Å². The first-order valence-corrected chi connectivity index (χ1v) is 3.85. The van der Waals surface area contributed by atoms with Gasteiger partial charge < -0.3 is 0 Å². The normalized spacial score (nSPS) is 12.5. The second-order valence-electron chi connectivity index (χ2n) is 2.19. The van der Waals surface area contributed by atoms with E-state index >= 15 is 0 Å². The van der Waals surface area contributed by atoms with Crippen LogP contribution in [-0.2, 0) is 0 Å². The van der Waals surface area contributed by atoms with Crippen LogP contribution >= 0.6 is 11.6 Å². The van der Waals surface area contributed by atoms with Crippen molar-refractivity contribution in [1.29, 1.82) is 0 Å². The van der Waals surface area contributed by atoms with E-state index in [-0.39, 0.29) is 5.88 Å². The van der Waals surface area contributed by atoms with E-state index in [0.29, 0.717) is 0 Å². The molecule has 1 aromatic carbocycles. The van der Waals surface area contributed by atoms with Crippen LogP contribution in [0.1, 0.15) is 11.6 Å². The summed E-state index contributed by atoms with van der Waals surface area (Å²) in [6.07, 6.45) is 0. The Balaban J connectivity index is 2.82. The van der Waals surface area contributed by atoms with Crippen molar-refractivity contribution in [2.75, 3.05) is 5.88 Å². The summed E-state index contributed by atoms with van der Waals surface area (Å²) in [7, 11) is 0. The molecule has 0 fully saturated rings. The first-order chi connectivity index (χ1) is 5.38. The summed E-state index contributed by atoms with van der Waals surface area (Å²) in [5, 5.41) is 2.89. The molecule has 1 aromatic rings. The largest absolute Gasteiger partial charge is 0.150 e. The molecule has 0 amide bonds. The van der Waals surface area contributed by atoms with Gasteiger partial charge >= 0.3 is 0 Å². The smallest absolute Gasteiger partial charge is 0.130 e. The number of alkyl halides is 1. The van der Waals surface area contributed by atoms with E-state index in [2.05, 4.69) is 5.18 Å². The molecule has 3 heteroatoms. The van der Waals surface area contributed by atoms with Gasteiger partial charge in [0.05, 0.1) is 5.88 Å². The fourth-order valence-corrected chi connectivity index (χ4v) is 1.09. The van der Waals surface area contributed by atoms with Crippen LogP contribution in [0.4, 0.5) is 0 Å².